The Labute approximate surface area is 160 Å². The van der Waals surface area contributed by atoms with Gasteiger partial charge in [-0.25, -0.2) is 9.78 Å². The molecule has 8 heteroatoms. The second-order valence-corrected chi connectivity index (χ2v) is 5.34. The molecule has 3 heterocycles. The van der Waals surface area contributed by atoms with E-state index in [1.165, 1.54) is 16.7 Å². The maximum atomic E-state index is 12.8. The van der Waals surface area contributed by atoms with Gasteiger partial charge in [-0.15, -0.1) is 0 Å². The van der Waals surface area contributed by atoms with Gasteiger partial charge < -0.3 is 9.15 Å². The summed E-state index contributed by atoms with van der Waals surface area (Å²) in [6.45, 7) is 11.3. The van der Waals surface area contributed by atoms with Gasteiger partial charge in [0.2, 0.25) is 16.4 Å². The van der Waals surface area contributed by atoms with Gasteiger partial charge in [-0.1, -0.05) is 26.5 Å². The molecule has 0 fully saturated rings. The molecular weight excluding hydrogens is 370 g/mol. The van der Waals surface area contributed by atoms with Crippen LogP contribution in [0.1, 0.15) is 49.5 Å². The van der Waals surface area contributed by atoms with Gasteiger partial charge in [0.25, 0.3) is 0 Å². The van der Waals surface area contributed by atoms with Crippen LogP contribution in [0.4, 0.5) is 0 Å². The molecule has 3 rings (SSSR count). The fourth-order valence-electron chi connectivity index (χ4n) is 2.55. The number of oxazole rings is 1. The number of pyridine rings is 1. The molecule has 0 saturated heterocycles. The maximum Gasteiger partial charge on any atom is 0.347 e. The summed E-state index contributed by atoms with van der Waals surface area (Å²) in [7, 11) is 0. The molecule has 0 amide bonds. The SMILES string of the molecule is C=Cc1oc2c(C(=O)OCC)c(=O)c3cnc(Cl)nc3n2c1/C=C\C.CC. The van der Waals surface area contributed by atoms with E-state index in [9.17, 15) is 9.59 Å². The standard InChI is InChI=1S/C17H14ClN3O4.C2H6/c1-4-7-10-11(5-2)25-15-12(16(23)24-6-3)13(22)9-8-19-17(18)20-14(9)21(10)15;1-2/h4-5,7-8H,2,6H2,1,3H3;1-2H3/b7-4-;. The van der Waals surface area contributed by atoms with Crippen LogP contribution in [-0.2, 0) is 4.74 Å². The molecule has 0 radical (unpaired) electrons. The highest BCUT2D eigenvalue weighted by Gasteiger charge is 2.26. The first-order valence-electron chi connectivity index (χ1n) is 8.49. The molecule has 0 bridgehead atoms. The van der Waals surface area contributed by atoms with Gasteiger partial charge in [0, 0.05) is 6.20 Å². The molecule has 3 aromatic heterocycles. The molecule has 0 aliphatic heterocycles. The van der Waals surface area contributed by atoms with Crippen molar-refractivity contribution in [3.05, 3.63) is 51.4 Å². The van der Waals surface area contributed by atoms with E-state index in [1.54, 1.807) is 19.1 Å². The van der Waals surface area contributed by atoms with E-state index in [1.807, 2.05) is 20.8 Å². The second kappa shape index (κ2) is 8.64. The number of fused-ring (bicyclic) bond motifs is 3. The van der Waals surface area contributed by atoms with Crippen molar-refractivity contribution in [3.63, 3.8) is 0 Å². The van der Waals surface area contributed by atoms with Crippen LogP contribution in [0.2, 0.25) is 5.28 Å². The summed E-state index contributed by atoms with van der Waals surface area (Å²) < 4.78 is 12.3. The summed E-state index contributed by atoms with van der Waals surface area (Å²) in [6, 6.07) is 0. The lowest BCUT2D eigenvalue weighted by molar-refractivity contribution is 0.0525. The number of allylic oxidation sites excluding steroid dienone is 1. The summed E-state index contributed by atoms with van der Waals surface area (Å²) in [5.41, 5.74) is 0.0187. The zero-order valence-corrected chi connectivity index (χ0v) is 16.3. The van der Waals surface area contributed by atoms with Crippen LogP contribution < -0.4 is 5.43 Å². The highest BCUT2D eigenvalue weighted by atomic mass is 35.5. The van der Waals surface area contributed by atoms with E-state index in [0.717, 1.165) is 0 Å². The van der Waals surface area contributed by atoms with Crippen LogP contribution >= 0.6 is 11.6 Å². The molecule has 142 valence electrons. The quantitative estimate of drug-likeness (QED) is 0.486. The monoisotopic (exact) mass is 389 g/mol. The van der Waals surface area contributed by atoms with E-state index >= 15 is 0 Å². The van der Waals surface area contributed by atoms with Crippen molar-refractivity contribution in [2.45, 2.75) is 27.7 Å². The van der Waals surface area contributed by atoms with Crippen molar-refractivity contribution in [2.75, 3.05) is 6.61 Å². The summed E-state index contributed by atoms with van der Waals surface area (Å²) >= 11 is 5.90. The minimum atomic E-state index is -0.779. The molecule has 0 aliphatic rings. The number of ether oxygens (including phenoxy) is 1. The average Bonchev–Trinajstić information content (AvgIpc) is 3.02. The summed E-state index contributed by atoms with van der Waals surface area (Å²) in [6.07, 6.45) is 6.30. The summed E-state index contributed by atoms with van der Waals surface area (Å²) in [4.78, 5) is 33.1. The number of carbonyl (C=O) groups is 1. The predicted octanol–water partition coefficient (Wildman–Crippen LogP) is 4.37. The zero-order valence-electron chi connectivity index (χ0n) is 15.6. The van der Waals surface area contributed by atoms with Crippen LogP contribution in [0, 0.1) is 0 Å². The topological polar surface area (TPSA) is 86.7 Å². The number of hydrogen-bond donors (Lipinski definition) is 0. The Kier molecular flexibility index (Phi) is 6.52. The van der Waals surface area contributed by atoms with Gasteiger partial charge in [-0.3, -0.25) is 9.20 Å². The van der Waals surface area contributed by atoms with E-state index in [4.69, 9.17) is 20.8 Å². The Bertz CT molecular complexity index is 1100. The molecular formula is C19H20ClN3O4. The average molecular weight is 390 g/mol. The van der Waals surface area contributed by atoms with Crippen molar-refractivity contribution >= 4 is 46.5 Å². The highest BCUT2D eigenvalue weighted by molar-refractivity contribution is 6.28. The zero-order chi connectivity index (χ0) is 20.1. The van der Waals surface area contributed by atoms with Crippen molar-refractivity contribution in [2.24, 2.45) is 0 Å². The third kappa shape index (κ3) is 3.50. The van der Waals surface area contributed by atoms with Gasteiger partial charge in [-0.05, 0) is 37.6 Å². The summed E-state index contributed by atoms with van der Waals surface area (Å²) in [5.74, 6) is -0.400. The molecule has 0 saturated carbocycles. The molecule has 0 aromatic carbocycles. The van der Waals surface area contributed by atoms with Gasteiger partial charge >= 0.3 is 5.97 Å². The Balaban J connectivity index is 0.00000126. The molecule has 27 heavy (non-hydrogen) atoms. The molecule has 0 unspecified atom stereocenters. The van der Waals surface area contributed by atoms with Crippen molar-refractivity contribution in [3.8, 4) is 0 Å². The van der Waals surface area contributed by atoms with Crippen LogP contribution in [0.5, 0.6) is 0 Å². The largest absolute Gasteiger partial charge is 0.462 e. The molecule has 0 aliphatic carbocycles. The molecule has 3 aromatic rings. The summed E-state index contributed by atoms with van der Waals surface area (Å²) in [5, 5.41) is 0.101. The lowest BCUT2D eigenvalue weighted by Crippen LogP contribution is -2.20. The van der Waals surface area contributed by atoms with E-state index < -0.39 is 11.4 Å². The van der Waals surface area contributed by atoms with Gasteiger partial charge in [0.1, 0.15) is 0 Å². The lowest BCUT2D eigenvalue weighted by Gasteiger charge is -2.06. The minimum Gasteiger partial charge on any atom is -0.462 e. The Morgan fingerprint density at radius 1 is 1.44 bits per heavy atom. The first-order chi connectivity index (χ1) is 13.0. The maximum absolute atomic E-state index is 12.8. The molecule has 0 N–H and O–H groups in total. The van der Waals surface area contributed by atoms with Crippen molar-refractivity contribution in [1.82, 2.24) is 14.4 Å². The van der Waals surface area contributed by atoms with Crippen molar-refractivity contribution in [1.29, 1.82) is 0 Å². The fraction of sp³-hybridized carbons (Fsp3) is 0.263. The smallest absolute Gasteiger partial charge is 0.347 e. The number of hydrogen-bond acceptors (Lipinski definition) is 6. The second-order valence-electron chi connectivity index (χ2n) is 5.00. The molecule has 0 atom stereocenters. The Morgan fingerprint density at radius 3 is 2.74 bits per heavy atom. The fourth-order valence-corrected chi connectivity index (χ4v) is 2.68. The van der Waals surface area contributed by atoms with Crippen LogP contribution in [0.25, 0.3) is 28.9 Å². The first kappa shape index (κ1) is 20.4. The van der Waals surface area contributed by atoms with Crippen molar-refractivity contribution < 1.29 is 13.9 Å². The normalized spacial score (nSPS) is 10.9. The van der Waals surface area contributed by atoms with Gasteiger partial charge in [-0.2, -0.15) is 4.98 Å². The number of rotatable bonds is 4. The third-order valence-corrected chi connectivity index (χ3v) is 3.71. The van der Waals surface area contributed by atoms with Gasteiger partial charge in [0.15, 0.2) is 17.0 Å². The Hall–Kier alpha value is -2.93. The van der Waals surface area contributed by atoms with E-state index in [2.05, 4.69) is 16.5 Å². The number of esters is 1. The number of carbonyl (C=O) groups excluding carboxylic acids is 1. The Morgan fingerprint density at radius 2 is 2.15 bits per heavy atom. The number of nitrogens with zero attached hydrogens (tertiary/aromatic N) is 3. The van der Waals surface area contributed by atoms with Crippen LogP contribution in [-0.4, -0.2) is 26.9 Å². The van der Waals surface area contributed by atoms with Crippen LogP contribution in [0.15, 0.2) is 28.1 Å². The predicted molar refractivity (Wildman–Crippen MR) is 106 cm³/mol. The van der Waals surface area contributed by atoms with Gasteiger partial charge in [0.05, 0.1) is 17.7 Å². The van der Waals surface area contributed by atoms with Crippen LogP contribution in [0.3, 0.4) is 0 Å². The highest BCUT2D eigenvalue weighted by Crippen LogP contribution is 2.26. The third-order valence-electron chi connectivity index (χ3n) is 3.53. The van der Waals surface area contributed by atoms with E-state index in [0.29, 0.717) is 11.5 Å². The lowest BCUT2D eigenvalue weighted by atomic mass is 10.2. The number of aromatic nitrogens is 3. The molecule has 0 spiro atoms. The van der Waals surface area contributed by atoms with E-state index in [-0.39, 0.29) is 34.2 Å². The first-order valence-corrected chi connectivity index (χ1v) is 8.87. The molecule has 7 nitrogen and oxygen atoms in total. The number of halogens is 1. The minimum absolute atomic E-state index is 0.0220.